The lowest BCUT2D eigenvalue weighted by molar-refractivity contribution is 0.392. The van der Waals surface area contributed by atoms with Gasteiger partial charge in [-0.2, -0.15) is 4.98 Å². The standard InChI is InChI=1S/C11H12BrN3OS/c12-9-5-8(6-17-9)11-14-10(15-16-11)7-1-3-13-4-2-7/h5-7,13H,1-4H2. The Bertz CT molecular complexity index is 504. The first-order chi connectivity index (χ1) is 8.33. The highest BCUT2D eigenvalue weighted by molar-refractivity contribution is 9.11. The fraction of sp³-hybridized carbons (Fsp3) is 0.455. The van der Waals surface area contributed by atoms with Crippen molar-refractivity contribution in [3.05, 3.63) is 21.1 Å². The molecule has 0 bridgehead atoms. The predicted molar refractivity (Wildman–Crippen MR) is 70.2 cm³/mol. The summed E-state index contributed by atoms with van der Waals surface area (Å²) >= 11 is 5.06. The lowest BCUT2D eigenvalue weighted by Gasteiger charge is -2.18. The minimum atomic E-state index is 0.441. The predicted octanol–water partition coefficient (Wildman–Crippen LogP) is 3.03. The van der Waals surface area contributed by atoms with E-state index in [2.05, 4.69) is 31.4 Å². The molecule has 3 heterocycles. The number of piperidine rings is 1. The molecule has 0 saturated carbocycles. The third-order valence-corrected chi connectivity index (χ3v) is 4.46. The molecule has 4 nitrogen and oxygen atoms in total. The summed E-state index contributed by atoms with van der Waals surface area (Å²) in [5.41, 5.74) is 0.995. The third-order valence-electron chi connectivity index (χ3n) is 2.96. The second kappa shape index (κ2) is 4.88. The van der Waals surface area contributed by atoms with Gasteiger partial charge in [0, 0.05) is 11.3 Å². The number of thiophene rings is 1. The number of aromatic nitrogens is 2. The summed E-state index contributed by atoms with van der Waals surface area (Å²) in [6.07, 6.45) is 2.18. The lowest BCUT2D eigenvalue weighted by Crippen LogP contribution is -2.27. The van der Waals surface area contributed by atoms with Crippen molar-refractivity contribution < 1.29 is 4.52 Å². The van der Waals surface area contributed by atoms with Crippen molar-refractivity contribution >= 4 is 27.3 Å². The van der Waals surface area contributed by atoms with Gasteiger partial charge in [-0.05, 0) is 47.9 Å². The van der Waals surface area contributed by atoms with E-state index in [1.165, 1.54) is 0 Å². The van der Waals surface area contributed by atoms with Crippen molar-refractivity contribution in [2.75, 3.05) is 13.1 Å². The Kier molecular flexibility index (Phi) is 3.26. The summed E-state index contributed by atoms with van der Waals surface area (Å²) in [5.74, 6) is 1.92. The normalized spacial score (nSPS) is 17.5. The number of nitrogens with zero attached hydrogens (tertiary/aromatic N) is 2. The SMILES string of the molecule is Brc1cc(-c2nc(C3CCNCC3)no2)cs1. The van der Waals surface area contributed by atoms with Gasteiger partial charge in [-0.1, -0.05) is 5.16 Å². The van der Waals surface area contributed by atoms with Gasteiger partial charge < -0.3 is 9.84 Å². The first-order valence-corrected chi connectivity index (χ1v) is 7.29. The van der Waals surface area contributed by atoms with Crippen LogP contribution >= 0.6 is 27.3 Å². The van der Waals surface area contributed by atoms with Crippen molar-refractivity contribution in [3.8, 4) is 11.5 Å². The molecule has 6 heteroatoms. The van der Waals surface area contributed by atoms with Gasteiger partial charge in [0.1, 0.15) is 0 Å². The van der Waals surface area contributed by atoms with E-state index in [4.69, 9.17) is 4.52 Å². The summed E-state index contributed by atoms with van der Waals surface area (Å²) < 4.78 is 6.40. The molecule has 1 saturated heterocycles. The Balaban J connectivity index is 1.82. The number of hydrogen-bond acceptors (Lipinski definition) is 5. The van der Waals surface area contributed by atoms with Crippen LogP contribution in [0.4, 0.5) is 0 Å². The van der Waals surface area contributed by atoms with E-state index in [1.54, 1.807) is 11.3 Å². The maximum Gasteiger partial charge on any atom is 0.258 e. The lowest BCUT2D eigenvalue weighted by atomic mass is 9.98. The smallest absolute Gasteiger partial charge is 0.258 e. The molecule has 90 valence electrons. The van der Waals surface area contributed by atoms with Gasteiger partial charge in [-0.3, -0.25) is 0 Å². The minimum Gasteiger partial charge on any atom is -0.334 e. The fourth-order valence-electron chi connectivity index (χ4n) is 2.02. The van der Waals surface area contributed by atoms with E-state index < -0.39 is 0 Å². The second-order valence-corrected chi connectivity index (χ2v) is 6.41. The van der Waals surface area contributed by atoms with Crippen LogP contribution in [-0.2, 0) is 0 Å². The Labute approximate surface area is 112 Å². The zero-order valence-electron chi connectivity index (χ0n) is 9.15. The molecule has 2 aromatic heterocycles. The quantitative estimate of drug-likeness (QED) is 0.926. The maximum atomic E-state index is 5.32. The Hall–Kier alpha value is -0.720. The molecule has 1 N–H and O–H groups in total. The first-order valence-electron chi connectivity index (χ1n) is 5.61. The van der Waals surface area contributed by atoms with E-state index in [1.807, 2.05) is 11.4 Å². The molecule has 0 spiro atoms. The van der Waals surface area contributed by atoms with Crippen molar-refractivity contribution in [1.29, 1.82) is 0 Å². The topological polar surface area (TPSA) is 51.0 Å². The number of hydrogen-bond donors (Lipinski definition) is 1. The zero-order chi connectivity index (χ0) is 11.7. The van der Waals surface area contributed by atoms with Crippen LogP contribution in [-0.4, -0.2) is 23.2 Å². The van der Waals surface area contributed by atoms with E-state index in [9.17, 15) is 0 Å². The third kappa shape index (κ3) is 2.43. The van der Waals surface area contributed by atoms with Gasteiger partial charge in [0.2, 0.25) is 0 Å². The number of rotatable bonds is 2. The molecular weight excluding hydrogens is 302 g/mol. The maximum absolute atomic E-state index is 5.32. The summed E-state index contributed by atoms with van der Waals surface area (Å²) in [6, 6.07) is 2.00. The van der Waals surface area contributed by atoms with Gasteiger partial charge in [-0.25, -0.2) is 0 Å². The molecule has 1 aliphatic heterocycles. The van der Waals surface area contributed by atoms with Crippen LogP contribution in [0.1, 0.15) is 24.6 Å². The largest absolute Gasteiger partial charge is 0.334 e. The van der Waals surface area contributed by atoms with E-state index in [0.29, 0.717) is 11.8 Å². The van der Waals surface area contributed by atoms with E-state index >= 15 is 0 Å². The van der Waals surface area contributed by atoms with Crippen LogP contribution < -0.4 is 5.32 Å². The van der Waals surface area contributed by atoms with Crippen molar-refractivity contribution in [2.24, 2.45) is 0 Å². The Morgan fingerprint density at radius 2 is 2.24 bits per heavy atom. The van der Waals surface area contributed by atoms with Gasteiger partial charge in [0.15, 0.2) is 5.82 Å². The van der Waals surface area contributed by atoms with E-state index in [-0.39, 0.29) is 0 Å². The highest BCUT2D eigenvalue weighted by atomic mass is 79.9. The number of halogens is 1. The van der Waals surface area contributed by atoms with Gasteiger partial charge in [0.05, 0.1) is 9.35 Å². The average Bonchev–Trinajstić information content (AvgIpc) is 2.98. The summed E-state index contributed by atoms with van der Waals surface area (Å²) in [7, 11) is 0. The molecule has 17 heavy (non-hydrogen) atoms. The molecule has 0 atom stereocenters. The summed E-state index contributed by atoms with van der Waals surface area (Å²) in [5, 5.41) is 9.45. The van der Waals surface area contributed by atoms with Crippen LogP contribution in [0.5, 0.6) is 0 Å². The highest BCUT2D eigenvalue weighted by Gasteiger charge is 2.21. The van der Waals surface area contributed by atoms with Gasteiger partial charge >= 0.3 is 0 Å². The summed E-state index contributed by atoms with van der Waals surface area (Å²) in [4.78, 5) is 4.50. The van der Waals surface area contributed by atoms with Crippen LogP contribution in [0.25, 0.3) is 11.5 Å². The molecule has 1 aliphatic rings. The molecule has 0 aliphatic carbocycles. The zero-order valence-corrected chi connectivity index (χ0v) is 11.6. The molecular formula is C11H12BrN3OS. The average molecular weight is 314 g/mol. The molecule has 0 aromatic carbocycles. The highest BCUT2D eigenvalue weighted by Crippen LogP contribution is 2.30. The van der Waals surface area contributed by atoms with Crippen molar-refractivity contribution in [3.63, 3.8) is 0 Å². The summed E-state index contributed by atoms with van der Waals surface area (Å²) in [6.45, 7) is 2.08. The monoisotopic (exact) mass is 313 g/mol. The first kappa shape index (κ1) is 11.4. The molecule has 0 unspecified atom stereocenters. The second-order valence-electron chi connectivity index (χ2n) is 4.12. The molecule has 0 amide bonds. The van der Waals surface area contributed by atoms with Crippen LogP contribution in [0.15, 0.2) is 19.8 Å². The van der Waals surface area contributed by atoms with Gasteiger partial charge in [0.25, 0.3) is 5.89 Å². The fourth-order valence-corrected chi connectivity index (χ4v) is 3.15. The molecule has 1 fully saturated rings. The Morgan fingerprint density at radius 1 is 1.41 bits per heavy atom. The number of nitrogens with one attached hydrogen (secondary N) is 1. The molecule has 2 aromatic rings. The Morgan fingerprint density at radius 3 is 2.94 bits per heavy atom. The van der Waals surface area contributed by atoms with E-state index in [0.717, 1.165) is 41.1 Å². The van der Waals surface area contributed by atoms with Crippen LogP contribution in [0, 0.1) is 0 Å². The minimum absolute atomic E-state index is 0.441. The van der Waals surface area contributed by atoms with Crippen LogP contribution in [0.2, 0.25) is 0 Å². The molecule has 3 rings (SSSR count). The molecule has 0 radical (unpaired) electrons. The van der Waals surface area contributed by atoms with Crippen molar-refractivity contribution in [1.82, 2.24) is 15.5 Å². The van der Waals surface area contributed by atoms with Gasteiger partial charge in [-0.15, -0.1) is 11.3 Å². The van der Waals surface area contributed by atoms with Crippen LogP contribution in [0.3, 0.4) is 0 Å². The van der Waals surface area contributed by atoms with Crippen molar-refractivity contribution in [2.45, 2.75) is 18.8 Å².